The molecular formula is C11H13N3O2S. The van der Waals surface area contributed by atoms with Crippen molar-refractivity contribution in [3.63, 3.8) is 0 Å². The molecule has 0 saturated heterocycles. The zero-order valence-electron chi connectivity index (χ0n) is 9.37. The fourth-order valence-corrected chi connectivity index (χ4v) is 2.00. The lowest BCUT2D eigenvalue weighted by atomic mass is 10.3. The van der Waals surface area contributed by atoms with Crippen LogP contribution in [0.4, 0.5) is 5.69 Å². The van der Waals surface area contributed by atoms with Crippen LogP contribution >= 0.6 is 0 Å². The minimum absolute atomic E-state index is 0.0657. The molecule has 0 radical (unpaired) electrons. The standard InChI is InChI=1S/C11H13N3O2S/c1-2-17(15,16)13-10-3-5-11(6-4-10)14-8-7-12-9-14/h3-9,13H,2H2,1H3. The fourth-order valence-electron chi connectivity index (χ4n) is 1.37. The van der Waals surface area contributed by atoms with Gasteiger partial charge in [-0.15, -0.1) is 0 Å². The Hall–Kier alpha value is -1.82. The predicted molar refractivity (Wildman–Crippen MR) is 66.6 cm³/mol. The molecule has 6 heteroatoms. The van der Waals surface area contributed by atoms with Crippen LogP contribution in [-0.2, 0) is 10.0 Å². The Morgan fingerprint density at radius 3 is 2.53 bits per heavy atom. The van der Waals surface area contributed by atoms with Crippen LogP contribution in [0.25, 0.3) is 5.69 Å². The van der Waals surface area contributed by atoms with Gasteiger partial charge in [-0.2, -0.15) is 0 Å². The summed E-state index contributed by atoms with van der Waals surface area (Å²) in [6, 6.07) is 7.11. The number of sulfonamides is 1. The van der Waals surface area contributed by atoms with Gasteiger partial charge in [0.05, 0.1) is 12.1 Å². The Morgan fingerprint density at radius 2 is 2.00 bits per heavy atom. The number of aromatic nitrogens is 2. The van der Waals surface area contributed by atoms with Crippen LogP contribution in [-0.4, -0.2) is 23.7 Å². The highest BCUT2D eigenvalue weighted by Gasteiger charge is 2.06. The summed E-state index contributed by atoms with van der Waals surface area (Å²) in [5, 5.41) is 0. The van der Waals surface area contributed by atoms with Gasteiger partial charge >= 0.3 is 0 Å². The highest BCUT2D eigenvalue weighted by Crippen LogP contribution is 2.14. The first-order chi connectivity index (χ1) is 8.11. The second-order valence-corrected chi connectivity index (χ2v) is 5.53. The maximum atomic E-state index is 11.4. The maximum Gasteiger partial charge on any atom is 0.232 e. The molecule has 0 unspecified atom stereocenters. The summed E-state index contributed by atoms with van der Waals surface area (Å²) in [5.41, 5.74) is 1.50. The molecule has 90 valence electrons. The fraction of sp³-hybridized carbons (Fsp3) is 0.182. The van der Waals surface area contributed by atoms with Gasteiger partial charge in [0, 0.05) is 23.8 Å². The molecule has 17 heavy (non-hydrogen) atoms. The molecule has 0 aliphatic carbocycles. The molecule has 0 aliphatic heterocycles. The van der Waals surface area contributed by atoms with Crippen LogP contribution in [0.3, 0.4) is 0 Å². The van der Waals surface area contributed by atoms with Crippen molar-refractivity contribution in [3.8, 4) is 5.69 Å². The number of nitrogens with zero attached hydrogens (tertiary/aromatic N) is 2. The van der Waals surface area contributed by atoms with Crippen molar-refractivity contribution >= 4 is 15.7 Å². The van der Waals surface area contributed by atoms with E-state index in [4.69, 9.17) is 0 Å². The highest BCUT2D eigenvalue weighted by molar-refractivity contribution is 7.92. The third-order valence-electron chi connectivity index (χ3n) is 2.32. The number of imidazole rings is 1. The van der Waals surface area contributed by atoms with E-state index in [2.05, 4.69) is 9.71 Å². The van der Waals surface area contributed by atoms with Crippen molar-refractivity contribution in [1.29, 1.82) is 0 Å². The third kappa shape index (κ3) is 2.85. The lowest BCUT2D eigenvalue weighted by Gasteiger charge is -2.07. The van der Waals surface area contributed by atoms with Gasteiger partial charge in [-0.05, 0) is 31.2 Å². The minimum atomic E-state index is -3.21. The van der Waals surface area contributed by atoms with Crippen molar-refractivity contribution in [3.05, 3.63) is 43.0 Å². The third-order valence-corrected chi connectivity index (χ3v) is 3.63. The van der Waals surface area contributed by atoms with Gasteiger partial charge in [0.2, 0.25) is 10.0 Å². The van der Waals surface area contributed by atoms with Gasteiger partial charge < -0.3 is 4.57 Å². The summed E-state index contributed by atoms with van der Waals surface area (Å²) in [5.74, 6) is 0.0657. The Morgan fingerprint density at radius 1 is 1.29 bits per heavy atom. The quantitative estimate of drug-likeness (QED) is 0.898. The molecule has 1 N–H and O–H groups in total. The summed E-state index contributed by atoms with van der Waals surface area (Å²) in [7, 11) is -3.21. The molecule has 1 heterocycles. The average molecular weight is 251 g/mol. The molecular weight excluding hydrogens is 238 g/mol. The van der Waals surface area contributed by atoms with E-state index in [1.807, 2.05) is 22.9 Å². The smallest absolute Gasteiger partial charge is 0.232 e. The van der Waals surface area contributed by atoms with Crippen LogP contribution in [0.5, 0.6) is 0 Å². The van der Waals surface area contributed by atoms with Gasteiger partial charge in [0.25, 0.3) is 0 Å². The predicted octanol–water partition coefficient (Wildman–Crippen LogP) is 1.63. The molecule has 0 bridgehead atoms. The molecule has 5 nitrogen and oxygen atoms in total. The molecule has 2 rings (SSSR count). The van der Waals surface area contributed by atoms with Crippen molar-refractivity contribution in [1.82, 2.24) is 9.55 Å². The largest absolute Gasteiger partial charge is 0.306 e. The van der Waals surface area contributed by atoms with Crippen LogP contribution in [0.2, 0.25) is 0 Å². The zero-order valence-corrected chi connectivity index (χ0v) is 10.2. The number of benzene rings is 1. The number of hydrogen-bond acceptors (Lipinski definition) is 3. The Balaban J connectivity index is 2.19. The Bertz CT molecular complexity index is 574. The van der Waals surface area contributed by atoms with E-state index >= 15 is 0 Å². The summed E-state index contributed by atoms with van der Waals surface area (Å²) in [6.07, 6.45) is 5.20. The lowest BCUT2D eigenvalue weighted by Crippen LogP contribution is -2.14. The van der Waals surface area contributed by atoms with Crippen LogP contribution < -0.4 is 4.72 Å². The van der Waals surface area contributed by atoms with Gasteiger partial charge in [0.1, 0.15) is 0 Å². The Kier molecular flexibility index (Phi) is 3.14. The van der Waals surface area contributed by atoms with Crippen molar-refractivity contribution < 1.29 is 8.42 Å². The van der Waals surface area contributed by atoms with Crippen LogP contribution in [0.1, 0.15) is 6.92 Å². The monoisotopic (exact) mass is 251 g/mol. The normalized spacial score (nSPS) is 11.4. The van der Waals surface area contributed by atoms with E-state index in [1.165, 1.54) is 0 Å². The molecule has 1 aromatic carbocycles. The lowest BCUT2D eigenvalue weighted by molar-refractivity contribution is 0.602. The molecule has 0 saturated carbocycles. The first-order valence-corrected chi connectivity index (χ1v) is 6.85. The second-order valence-electron chi connectivity index (χ2n) is 3.52. The van der Waals surface area contributed by atoms with E-state index in [-0.39, 0.29) is 5.75 Å². The van der Waals surface area contributed by atoms with E-state index < -0.39 is 10.0 Å². The summed E-state index contributed by atoms with van der Waals surface area (Å²) >= 11 is 0. The van der Waals surface area contributed by atoms with E-state index in [9.17, 15) is 8.42 Å². The Labute approximate surface area is 100 Å². The zero-order chi connectivity index (χ0) is 12.3. The molecule has 2 aromatic rings. The molecule has 0 fully saturated rings. The topological polar surface area (TPSA) is 64.0 Å². The summed E-state index contributed by atoms with van der Waals surface area (Å²) in [4.78, 5) is 3.95. The molecule has 0 atom stereocenters. The molecule has 0 aliphatic rings. The summed E-state index contributed by atoms with van der Waals surface area (Å²) in [6.45, 7) is 1.60. The highest BCUT2D eigenvalue weighted by atomic mass is 32.2. The average Bonchev–Trinajstić information content (AvgIpc) is 2.83. The van der Waals surface area contributed by atoms with Crippen molar-refractivity contribution in [2.75, 3.05) is 10.5 Å². The number of hydrogen-bond donors (Lipinski definition) is 1. The molecule has 0 amide bonds. The first kappa shape index (κ1) is 11.7. The summed E-state index contributed by atoms with van der Waals surface area (Å²) < 4.78 is 27.0. The van der Waals surface area contributed by atoms with E-state index in [1.54, 1.807) is 31.6 Å². The minimum Gasteiger partial charge on any atom is -0.306 e. The van der Waals surface area contributed by atoms with Gasteiger partial charge in [-0.1, -0.05) is 0 Å². The molecule has 1 aromatic heterocycles. The van der Waals surface area contributed by atoms with Gasteiger partial charge in [-0.25, -0.2) is 13.4 Å². The molecule has 0 spiro atoms. The number of nitrogens with one attached hydrogen (secondary N) is 1. The second kappa shape index (κ2) is 4.58. The van der Waals surface area contributed by atoms with Gasteiger partial charge in [-0.3, -0.25) is 4.72 Å². The van der Waals surface area contributed by atoms with Gasteiger partial charge in [0.15, 0.2) is 0 Å². The number of anilines is 1. The van der Waals surface area contributed by atoms with Crippen LogP contribution in [0.15, 0.2) is 43.0 Å². The maximum absolute atomic E-state index is 11.4. The first-order valence-electron chi connectivity index (χ1n) is 5.19. The SMILES string of the molecule is CCS(=O)(=O)Nc1ccc(-n2ccnc2)cc1. The van der Waals surface area contributed by atoms with Crippen molar-refractivity contribution in [2.24, 2.45) is 0 Å². The van der Waals surface area contributed by atoms with E-state index in [0.717, 1.165) is 5.69 Å². The van der Waals surface area contributed by atoms with E-state index in [0.29, 0.717) is 5.69 Å². The number of rotatable bonds is 4. The van der Waals surface area contributed by atoms with Crippen LogP contribution in [0, 0.1) is 0 Å². The van der Waals surface area contributed by atoms with Crippen molar-refractivity contribution in [2.45, 2.75) is 6.92 Å².